The molecule has 1 aliphatic heterocycles. The van der Waals surface area contributed by atoms with E-state index in [1.807, 2.05) is 19.1 Å². The highest BCUT2D eigenvalue weighted by molar-refractivity contribution is 7.14. The molecule has 0 aliphatic carbocycles. The lowest BCUT2D eigenvalue weighted by atomic mass is 10.1. The second-order valence-electron chi connectivity index (χ2n) is 4.55. The number of rotatable bonds is 4. The van der Waals surface area contributed by atoms with Gasteiger partial charge in [0, 0.05) is 24.4 Å². The molecule has 7 heteroatoms. The molecule has 1 aliphatic rings. The molecular weight excluding hydrogens is 288 g/mol. The SMILES string of the molecule is CCc1ncsc1NC(=O)[C@@H]1CC(c2cccnc2)=NO1. The lowest BCUT2D eigenvalue weighted by molar-refractivity contribution is -0.125. The molecule has 0 saturated carbocycles. The molecule has 0 bridgehead atoms. The van der Waals surface area contributed by atoms with Gasteiger partial charge in [0.1, 0.15) is 5.00 Å². The Morgan fingerprint density at radius 2 is 2.48 bits per heavy atom. The van der Waals surface area contributed by atoms with Gasteiger partial charge in [-0.25, -0.2) is 4.98 Å². The van der Waals surface area contributed by atoms with E-state index in [1.165, 1.54) is 11.3 Å². The maximum Gasteiger partial charge on any atom is 0.269 e. The smallest absolute Gasteiger partial charge is 0.269 e. The summed E-state index contributed by atoms with van der Waals surface area (Å²) in [5.41, 5.74) is 4.23. The molecule has 0 unspecified atom stereocenters. The normalized spacial score (nSPS) is 17.2. The van der Waals surface area contributed by atoms with Crippen molar-refractivity contribution in [3.63, 3.8) is 0 Å². The molecule has 0 aromatic carbocycles. The topological polar surface area (TPSA) is 76.5 Å². The number of thiazole rings is 1. The van der Waals surface area contributed by atoms with Gasteiger partial charge in [-0.3, -0.25) is 9.78 Å². The van der Waals surface area contributed by atoms with Gasteiger partial charge in [0.15, 0.2) is 0 Å². The molecule has 0 radical (unpaired) electrons. The molecule has 0 fully saturated rings. The van der Waals surface area contributed by atoms with Gasteiger partial charge >= 0.3 is 0 Å². The van der Waals surface area contributed by atoms with Gasteiger partial charge in [0.25, 0.3) is 5.91 Å². The zero-order valence-corrected chi connectivity index (χ0v) is 12.3. The summed E-state index contributed by atoms with van der Waals surface area (Å²) in [5.74, 6) is -0.198. The van der Waals surface area contributed by atoms with Gasteiger partial charge in [0.05, 0.1) is 16.9 Å². The van der Waals surface area contributed by atoms with Crippen LogP contribution < -0.4 is 5.32 Å². The zero-order chi connectivity index (χ0) is 14.7. The van der Waals surface area contributed by atoms with Crippen LogP contribution in [-0.2, 0) is 16.1 Å². The molecule has 108 valence electrons. The van der Waals surface area contributed by atoms with Crippen LogP contribution in [0.15, 0.2) is 35.2 Å². The molecule has 21 heavy (non-hydrogen) atoms. The second-order valence-corrected chi connectivity index (χ2v) is 5.40. The number of carbonyl (C=O) groups is 1. The maximum absolute atomic E-state index is 12.2. The van der Waals surface area contributed by atoms with Crippen LogP contribution in [0.3, 0.4) is 0 Å². The molecule has 1 N–H and O–H groups in total. The second kappa shape index (κ2) is 6.01. The number of nitrogens with zero attached hydrogens (tertiary/aromatic N) is 3. The highest BCUT2D eigenvalue weighted by atomic mass is 32.1. The Labute approximate surface area is 125 Å². The van der Waals surface area contributed by atoms with Crippen molar-refractivity contribution in [2.24, 2.45) is 5.16 Å². The van der Waals surface area contributed by atoms with Crippen molar-refractivity contribution in [1.29, 1.82) is 0 Å². The Morgan fingerprint density at radius 1 is 1.57 bits per heavy atom. The number of anilines is 1. The third-order valence-electron chi connectivity index (χ3n) is 3.17. The summed E-state index contributed by atoms with van der Waals surface area (Å²) in [6, 6.07) is 3.73. The van der Waals surface area contributed by atoms with E-state index >= 15 is 0 Å². The minimum Gasteiger partial charge on any atom is -0.382 e. The molecular formula is C14H14N4O2S. The molecule has 2 aromatic heterocycles. The monoisotopic (exact) mass is 302 g/mol. The molecule has 0 saturated heterocycles. The first kappa shape index (κ1) is 13.7. The fraction of sp³-hybridized carbons (Fsp3) is 0.286. The van der Waals surface area contributed by atoms with Crippen LogP contribution in [-0.4, -0.2) is 27.7 Å². The molecule has 3 heterocycles. The highest BCUT2D eigenvalue weighted by Gasteiger charge is 2.29. The Kier molecular flexibility index (Phi) is 3.92. The fourth-order valence-corrected chi connectivity index (χ4v) is 2.82. The maximum atomic E-state index is 12.2. The molecule has 1 amide bonds. The van der Waals surface area contributed by atoms with Gasteiger partial charge in [-0.1, -0.05) is 12.1 Å². The lowest BCUT2D eigenvalue weighted by Crippen LogP contribution is -2.28. The van der Waals surface area contributed by atoms with Crippen molar-refractivity contribution in [3.8, 4) is 0 Å². The molecule has 3 rings (SSSR count). The Hall–Kier alpha value is -2.28. The van der Waals surface area contributed by atoms with E-state index in [0.29, 0.717) is 6.42 Å². The molecule has 2 aromatic rings. The van der Waals surface area contributed by atoms with E-state index in [4.69, 9.17) is 4.84 Å². The Morgan fingerprint density at radius 3 is 3.24 bits per heavy atom. The van der Waals surface area contributed by atoms with Crippen molar-refractivity contribution in [3.05, 3.63) is 41.3 Å². The average molecular weight is 302 g/mol. The number of carbonyl (C=O) groups excluding carboxylic acids is 1. The van der Waals surface area contributed by atoms with E-state index < -0.39 is 6.10 Å². The van der Waals surface area contributed by atoms with Gasteiger partial charge in [-0.05, 0) is 18.6 Å². The Bertz CT molecular complexity index is 669. The summed E-state index contributed by atoms with van der Waals surface area (Å²) in [6.45, 7) is 2.00. The highest BCUT2D eigenvalue weighted by Crippen LogP contribution is 2.23. The standard InChI is InChI=1S/C14H14N4O2S/c1-2-10-14(21-8-16-10)17-13(19)12-6-11(18-20-12)9-4-3-5-15-7-9/h3-5,7-8,12H,2,6H2,1H3,(H,17,19)/t12-/m0/s1. The van der Waals surface area contributed by atoms with Crippen LogP contribution in [0.5, 0.6) is 0 Å². The third-order valence-corrected chi connectivity index (χ3v) is 3.95. The average Bonchev–Trinajstić information content (AvgIpc) is 3.17. The van der Waals surface area contributed by atoms with Crippen molar-refractivity contribution in [2.45, 2.75) is 25.9 Å². The van der Waals surface area contributed by atoms with Gasteiger partial charge in [-0.15, -0.1) is 11.3 Å². The van der Waals surface area contributed by atoms with Crippen molar-refractivity contribution in [1.82, 2.24) is 9.97 Å². The number of aromatic nitrogens is 2. The number of hydrogen-bond acceptors (Lipinski definition) is 6. The number of aryl methyl sites for hydroxylation is 1. The minimum absolute atomic E-state index is 0.198. The van der Waals surface area contributed by atoms with E-state index in [0.717, 1.165) is 28.4 Å². The summed E-state index contributed by atoms with van der Waals surface area (Å²) in [7, 11) is 0. The predicted octanol–water partition coefficient (Wildman–Crippen LogP) is 2.23. The summed E-state index contributed by atoms with van der Waals surface area (Å²) in [6.07, 6.45) is 4.02. The summed E-state index contributed by atoms with van der Waals surface area (Å²) < 4.78 is 0. The van der Waals surface area contributed by atoms with Crippen LogP contribution in [0, 0.1) is 0 Å². The number of oxime groups is 1. The first-order valence-corrected chi connectivity index (χ1v) is 7.52. The van der Waals surface area contributed by atoms with Crippen LogP contribution in [0.4, 0.5) is 5.00 Å². The summed E-state index contributed by atoms with van der Waals surface area (Å²) in [5, 5.41) is 7.62. The first-order chi connectivity index (χ1) is 10.3. The van der Waals surface area contributed by atoms with Crippen molar-refractivity contribution >= 4 is 28.0 Å². The molecule has 6 nitrogen and oxygen atoms in total. The van der Waals surface area contributed by atoms with E-state index in [-0.39, 0.29) is 5.91 Å². The first-order valence-electron chi connectivity index (χ1n) is 6.64. The lowest BCUT2D eigenvalue weighted by Gasteiger charge is -2.08. The van der Waals surface area contributed by atoms with Crippen LogP contribution in [0.25, 0.3) is 0 Å². The van der Waals surface area contributed by atoms with Gasteiger partial charge in [-0.2, -0.15) is 0 Å². The number of hydrogen-bond donors (Lipinski definition) is 1. The van der Waals surface area contributed by atoms with Crippen molar-refractivity contribution < 1.29 is 9.63 Å². The van der Waals surface area contributed by atoms with E-state index in [1.54, 1.807) is 17.9 Å². The quantitative estimate of drug-likeness (QED) is 0.939. The Balaban J connectivity index is 1.64. The van der Waals surface area contributed by atoms with Gasteiger partial charge < -0.3 is 10.2 Å². The largest absolute Gasteiger partial charge is 0.382 e. The number of pyridine rings is 1. The molecule has 0 spiro atoms. The van der Waals surface area contributed by atoms with Crippen LogP contribution in [0.2, 0.25) is 0 Å². The fourth-order valence-electron chi connectivity index (χ4n) is 2.04. The van der Waals surface area contributed by atoms with Crippen LogP contribution >= 0.6 is 11.3 Å². The summed E-state index contributed by atoms with van der Waals surface area (Å²) >= 11 is 1.41. The minimum atomic E-state index is -0.605. The van der Waals surface area contributed by atoms with Crippen LogP contribution in [0.1, 0.15) is 24.6 Å². The summed E-state index contributed by atoms with van der Waals surface area (Å²) in [4.78, 5) is 25.7. The van der Waals surface area contributed by atoms with Gasteiger partial charge in [0.2, 0.25) is 6.10 Å². The number of nitrogens with one attached hydrogen (secondary N) is 1. The van der Waals surface area contributed by atoms with Crippen molar-refractivity contribution in [2.75, 3.05) is 5.32 Å². The zero-order valence-electron chi connectivity index (χ0n) is 11.4. The van der Waals surface area contributed by atoms with E-state index in [9.17, 15) is 4.79 Å². The molecule has 1 atom stereocenters. The van der Waals surface area contributed by atoms with E-state index in [2.05, 4.69) is 20.4 Å². The third kappa shape index (κ3) is 2.92. The number of amides is 1. The predicted molar refractivity (Wildman–Crippen MR) is 80.4 cm³/mol.